The molecule has 0 aromatic carbocycles. The van der Waals surface area contributed by atoms with Gasteiger partial charge in [-0.2, -0.15) is 0 Å². The van der Waals surface area contributed by atoms with Gasteiger partial charge in [-0.15, -0.1) is 6.58 Å². The molecule has 2 saturated carbocycles. The molecular weight excluding hydrogens is 234 g/mol. The molecule has 1 aromatic heterocycles. The summed E-state index contributed by atoms with van der Waals surface area (Å²) in [6, 6.07) is 0. The highest BCUT2D eigenvalue weighted by Gasteiger charge is 2.31. The summed E-state index contributed by atoms with van der Waals surface area (Å²) in [6.45, 7) is 4.64. The van der Waals surface area contributed by atoms with E-state index in [1.165, 1.54) is 50.8 Å². The summed E-state index contributed by atoms with van der Waals surface area (Å²) in [7, 11) is 0. The van der Waals surface area contributed by atoms with Gasteiger partial charge in [0, 0.05) is 12.5 Å². The van der Waals surface area contributed by atoms with Crippen LogP contribution < -0.4 is 5.73 Å². The third-order valence-corrected chi connectivity index (χ3v) is 4.57. The van der Waals surface area contributed by atoms with Crippen LogP contribution in [0.25, 0.3) is 0 Å². The van der Waals surface area contributed by atoms with Crippen molar-refractivity contribution in [1.29, 1.82) is 0 Å². The Morgan fingerprint density at radius 1 is 1.21 bits per heavy atom. The molecule has 3 nitrogen and oxygen atoms in total. The van der Waals surface area contributed by atoms with E-state index < -0.39 is 0 Å². The SMILES string of the molecule is C=CCn1c(C2CC2)nc(CC2CCCCC2)c1N. The molecule has 0 amide bonds. The van der Waals surface area contributed by atoms with Gasteiger partial charge in [0.1, 0.15) is 11.6 Å². The van der Waals surface area contributed by atoms with Crippen LogP contribution in [0.3, 0.4) is 0 Å². The highest BCUT2D eigenvalue weighted by atomic mass is 15.1. The summed E-state index contributed by atoms with van der Waals surface area (Å²) in [6.07, 6.45) is 12.4. The molecule has 0 spiro atoms. The minimum absolute atomic E-state index is 0.655. The van der Waals surface area contributed by atoms with E-state index in [0.717, 1.165) is 30.4 Å². The van der Waals surface area contributed by atoms with Gasteiger partial charge in [0.25, 0.3) is 0 Å². The average molecular weight is 259 g/mol. The maximum Gasteiger partial charge on any atom is 0.127 e. The lowest BCUT2D eigenvalue weighted by atomic mass is 9.86. The molecule has 0 bridgehead atoms. The fraction of sp³-hybridized carbons (Fsp3) is 0.688. The Morgan fingerprint density at radius 3 is 2.58 bits per heavy atom. The third-order valence-electron chi connectivity index (χ3n) is 4.57. The number of aromatic nitrogens is 2. The molecule has 0 atom stereocenters. The molecule has 1 aromatic rings. The predicted octanol–water partition coefficient (Wildman–Crippen LogP) is 3.65. The molecule has 0 unspecified atom stereocenters. The number of nitrogen functional groups attached to an aromatic ring is 1. The first-order valence-electron chi connectivity index (χ1n) is 7.75. The zero-order valence-corrected chi connectivity index (χ0v) is 11.8. The molecule has 3 heteroatoms. The Kier molecular flexibility index (Phi) is 3.63. The number of rotatable bonds is 5. The topological polar surface area (TPSA) is 43.8 Å². The fourth-order valence-electron chi connectivity index (χ4n) is 3.32. The van der Waals surface area contributed by atoms with Crippen LogP contribution in [0.4, 0.5) is 5.82 Å². The standard InChI is InChI=1S/C16H25N3/c1-2-10-19-15(17)14(18-16(19)13-8-9-13)11-12-6-4-3-5-7-12/h2,12-13H,1,3-11,17H2. The predicted molar refractivity (Wildman–Crippen MR) is 79.1 cm³/mol. The fourth-order valence-corrected chi connectivity index (χ4v) is 3.32. The van der Waals surface area contributed by atoms with E-state index in [1.54, 1.807) is 0 Å². The number of nitrogens with zero attached hydrogens (tertiary/aromatic N) is 2. The average Bonchev–Trinajstić information content (AvgIpc) is 3.22. The van der Waals surface area contributed by atoms with E-state index in [1.807, 2.05) is 6.08 Å². The van der Waals surface area contributed by atoms with Gasteiger partial charge in [0.15, 0.2) is 0 Å². The summed E-state index contributed by atoms with van der Waals surface area (Å²) in [4.78, 5) is 4.87. The second kappa shape index (κ2) is 5.40. The molecule has 2 aliphatic carbocycles. The summed E-state index contributed by atoms with van der Waals surface area (Å²) in [5.41, 5.74) is 7.47. The van der Waals surface area contributed by atoms with Crippen molar-refractivity contribution in [2.45, 2.75) is 63.8 Å². The Labute approximate surface area is 115 Å². The van der Waals surface area contributed by atoms with Crippen LogP contribution in [0, 0.1) is 5.92 Å². The summed E-state index contributed by atoms with van der Waals surface area (Å²) in [5.74, 6) is 3.56. The van der Waals surface area contributed by atoms with Crippen molar-refractivity contribution in [2.24, 2.45) is 5.92 Å². The maximum atomic E-state index is 6.33. The van der Waals surface area contributed by atoms with E-state index in [4.69, 9.17) is 10.7 Å². The van der Waals surface area contributed by atoms with Crippen LogP contribution in [0.2, 0.25) is 0 Å². The number of nitrogens with two attached hydrogens (primary N) is 1. The first kappa shape index (κ1) is 12.8. The maximum absolute atomic E-state index is 6.33. The number of hydrogen-bond donors (Lipinski definition) is 1. The van der Waals surface area contributed by atoms with Crippen molar-refractivity contribution in [1.82, 2.24) is 9.55 Å². The molecule has 2 aliphatic rings. The zero-order valence-electron chi connectivity index (χ0n) is 11.8. The van der Waals surface area contributed by atoms with Crippen molar-refractivity contribution in [3.8, 4) is 0 Å². The van der Waals surface area contributed by atoms with Crippen molar-refractivity contribution >= 4 is 5.82 Å². The largest absolute Gasteiger partial charge is 0.384 e. The minimum Gasteiger partial charge on any atom is -0.384 e. The molecule has 1 heterocycles. The monoisotopic (exact) mass is 259 g/mol. The van der Waals surface area contributed by atoms with E-state index in [-0.39, 0.29) is 0 Å². The van der Waals surface area contributed by atoms with E-state index >= 15 is 0 Å². The normalized spacial score (nSPS) is 20.6. The van der Waals surface area contributed by atoms with Crippen LogP contribution in [0.5, 0.6) is 0 Å². The van der Waals surface area contributed by atoms with Crippen molar-refractivity contribution in [2.75, 3.05) is 5.73 Å². The Morgan fingerprint density at radius 2 is 1.95 bits per heavy atom. The number of allylic oxidation sites excluding steroid dienone is 1. The molecule has 0 saturated heterocycles. The van der Waals surface area contributed by atoms with Gasteiger partial charge in [-0.05, 0) is 25.2 Å². The highest BCUT2D eigenvalue weighted by Crippen LogP contribution is 2.41. The molecule has 3 rings (SSSR count). The van der Waals surface area contributed by atoms with Gasteiger partial charge in [-0.3, -0.25) is 0 Å². The second-order valence-electron chi connectivity index (χ2n) is 6.18. The number of hydrogen-bond acceptors (Lipinski definition) is 2. The Balaban J connectivity index is 1.79. The van der Waals surface area contributed by atoms with Crippen LogP contribution >= 0.6 is 0 Å². The van der Waals surface area contributed by atoms with Gasteiger partial charge in [0.2, 0.25) is 0 Å². The van der Waals surface area contributed by atoms with Crippen molar-refractivity contribution in [3.05, 3.63) is 24.2 Å². The molecule has 0 aliphatic heterocycles. The summed E-state index contributed by atoms with van der Waals surface area (Å²) in [5, 5.41) is 0. The molecule has 104 valence electrons. The third kappa shape index (κ3) is 2.70. The van der Waals surface area contributed by atoms with Crippen LogP contribution in [-0.4, -0.2) is 9.55 Å². The molecule has 0 radical (unpaired) electrons. The van der Waals surface area contributed by atoms with E-state index in [0.29, 0.717) is 5.92 Å². The first-order valence-corrected chi connectivity index (χ1v) is 7.75. The Bertz CT molecular complexity index is 451. The van der Waals surface area contributed by atoms with Crippen molar-refractivity contribution in [3.63, 3.8) is 0 Å². The zero-order chi connectivity index (χ0) is 13.2. The molecular formula is C16H25N3. The molecule has 19 heavy (non-hydrogen) atoms. The minimum atomic E-state index is 0.655. The lowest BCUT2D eigenvalue weighted by Gasteiger charge is -2.20. The van der Waals surface area contributed by atoms with Crippen LogP contribution in [0.15, 0.2) is 12.7 Å². The summed E-state index contributed by atoms with van der Waals surface area (Å²) < 4.78 is 2.18. The lowest BCUT2D eigenvalue weighted by molar-refractivity contribution is 0.355. The van der Waals surface area contributed by atoms with E-state index in [9.17, 15) is 0 Å². The Hall–Kier alpha value is -1.25. The quantitative estimate of drug-likeness (QED) is 0.820. The first-order chi connectivity index (χ1) is 9.29. The molecule has 2 N–H and O–H groups in total. The van der Waals surface area contributed by atoms with Gasteiger partial charge in [-0.25, -0.2) is 4.98 Å². The van der Waals surface area contributed by atoms with Gasteiger partial charge in [0.05, 0.1) is 5.69 Å². The molecule has 2 fully saturated rings. The number of imidazole rings is 1. The van der Waals surface area contributed by atoms with Gasteiger partial charge in [-0.1, -0.05) is 38.2 Å². The lowest BCUT2D eigenvalue weighted by Crippen LogP contribution is -2.11. The van der Waals surface area contributed by atoms with E-state index in [2.05, 4.69) is 11.1 Å². The van der Waals surface area contributed by atoms with Crippen LogP contribution in [0.1, 0.15) is 62.4 Å². The van der Waals surface area contributed by atoms with Gasteiger partial charge >= 0.3 is 0 Å². The smallest absolute Gasteiger partial charge is 0.127 e. The second-order valence-corrected chi connectivity index (χ2v) is 6.18. The van der Waals surface area contributed by atoms with Crippen molar-refractivity contribution < 1.29 is 0 Å². The summed E-state index contributed by atoms with van der Waals surface area (Å²) >= 11 is 0. The highest BCUT2D eigenvalue weighted by molar-refractivity contribution is 5.40. The van der Waals surface area contributed by atoms with Crippen LogP contribution in [-0.2, 0) is 13.0 Å². The number of anilines is 1. The van der Waals surface area contributed by atoms with Gasteiger partial charge < -0.3 is 10.3 Å².